The van der Waals surface area contributed by atoms with Crippen LogP contribution in [0.15, 0.2) is 48.5 Å². The summed E-state index contributed by atoms with van der Waals surface area (Å²) in [5.74, 6) is -1.01. The fraction of sp³-hybridized carbons (Fsp3) is 0.118. The van der Waals surface area contributed by atoms with Crippen molar-refractivity contribution in [2.24, 2.45) is 0 Å². The minimum Gasteiger partial charge on any atom is -0.326 e. The lowest BCUT2D eigenvalue weighted by Crippen LogP contribution is -2.41. The average Bonchev–Trinajstić information content (AvgIpc) is 2.53. The molecule has 2 aromatic rings. The van der Waals surface area contributed by atoms with Gasteiger partial charge < -0.3 is 5.32 Å². The van der Waals surface area contributed by atoms with E-state index in [1.807, 2.05) is 19.1 Å². The average molecular weight is 311 g/mol. The van der Waals surface area contributed by atoms with E-state index < -0.39 is 5.91 Å². The highest BCUT2D eigenvalue weighted by Crippen LogP contribution is 2.09. The number of hydrazine groups is 1. The van der Waals surface area contributed by atoms with E-state index in [1.165, 1.54) is 6.92 Å². The third kappa shape index (κ3) is 4.41. The Hall–Kier alpha value is -3.15. The van der Waals surface area contributed by atoms with Crippen molar-refractivity contribution in [3.63, 3.8) is 0 Å². The van der Waals surface area contributed by atoms with Crippen LogP contribution in [0.5, 0.6) is 0 Å². The van der Waals surface area contributed by atoms with Crippen LogP contribution < -0.4 is 16.2 Å². The van der Waals surface area contributed by atoms with Crippen molar-refractivity contribution in [1.82, 2.24) is 10.9 Å². The van der Waals surface area contributed by atoms with Crippen LogP contribution in [-0.4, -0.2) is 17.7 Å². The lowest BCUT2D eigenvalue weighted by Gasteiger charge is -2.09. The monoisotopic (exact) mass is 311 g/mol. The molecular formula is C17H17N3O3. The van der Waals surface area contributed by atoms with E-state index in [-0.39, 0.29) is 11.8 Å². The number of rotatable bonds is 3. The van der Waals surface area contributed by atoms with E-state index in [2.05, 4.69) is 16.2 Å². The van der Waals surface area contributed by atoms with Gasteiger partial charge in [0.25, 0.3) is 11.8 Å². The van der Waals surface area contributed by atoms with Gasteiger partial charge in [-0.15, -0.1) is 0 Å². The third-order valence-corrected chi connectivity index (χ3v) is 3.15. The number of hydrogen-bond acceptors (Lipinski definition) is 3. The van der Waals surface area contributed by atoms with E-state index in [0.717, 1.165) is 5.56 Å². The molecule has 0 aliphatic carbocycles. The summed E-state index contributed by atoms with van der Waals surface area (Å²) in [5, 5.41) is 2.61. The standard InChI is InChI=1S/C17H17N3O3/c1-11-5-3-4-6-15(11)17(23)20-19-16(22)13-7-9-14(10-8-13)18-12(2)21/h3-10H,1-2H3,(H,18,21)(H,19,22)(H,20,23). The zero-order valence-corrected chi connectivity index (χ0v) is 12.8. The number of hydrogen-bond donors (Lipinski definition) is 3. The predicted octanol–water partition coefficient (Wildman–Crippen LogP) is 2.03. The largest absolute Gasteiger partial charge is 0.326 e. The predicted molar refractivity (Wildman–Crippen MR) is 86.9 cm³/mol. The van der Waals surface area contributed by atoms with Crippen molar-refractivity contribution in [1.29, 1.82) is 0 Å². The molecule has 23 heavy (non-hydrogen) atoms. The molecule has 6 nitrogen and oxygen atoms in total. The summed E-state index contributed by atoms with van der Waals surface area (Å²) >= 11 is 0. The molecule has 3 amide bonds. The number of amides is 3. The van der Waals surface area contributed by atoms with Crippen molar-refractivity contribution in [3.05, 3.63) is 65.2 Å². The van der Waals surface area contributed by atoms with E-state index >= 15 is 0 Å². The zero-order chi connectivity index (χ0) is 16.8. The van der Waals surface area contributed by atoms with Gasteiger partial charge in [-0.1, -0.05) is 18.2 Å². The number of carbonyl (C=O) groups is 3. The Morgan fingerprint density at radius 3 is 2.04 bits per heavy atom. The summed E-state index contributed by atoms with van der Waals surface area (Å²) in [6, 6.07) is 13.4. The molecule has 118 valence electrons. The van der Waals surface area contributed by atoms with Crippen LogP contribution in [0.4, 0.5) is 5.69 Å². The quantitative estimate of drug-likeness (QED) is 0.758. The Morgan fingerprint density at radius 1 is 0.826 bits per heavy atom. The summed E-state index contributed by atoms with van der Waals surface area (Å²) in [7, 11) is 0. The Bertz CT molecular complexity index is 739. The summed E-state index contributed by atoms with van der Waals surface area (Å²) in [6.45, 7) is 3.22. The summed E-state index contributed by atoms with van der Waals surface area (Å²) < 4.78 is 0. The summed E-state index contributed by atoms with van der Waals surface area (Å²) in [6.07, 6.45) is 0. The minimum absolute atomic E-state index is 0.187. The number of carbonyl (C=O) groups excluding carboxylic acids is 3. The molecule has 2 aromatic carbocycles. The van der Waals surface area contributed by atoms with Gasteiger partial charge in [-0.2, -0.15) is 0 Å². The number of aryl methyl sites for hydroxylation is 1. The molecule has 0 unspecified atom stereocenters. The van der Waals surface area contributed by atoms with E-state index in [1.54, 1.807) is 36.4 Å². The van der Waals surface area contributed by atoms with Crippen LogP contribution in [0, 0.1) is 6.92 Å². The zero-order valence-electron chi connectivity index (χ0n) is 12.8. The fourth-order valence-corrected chi connectivity index (χ4v) is 1.99. The van der Waals surface area contributed by atoms with E-state index in [4.69, 9.17) is 0 Å². The third-order valence-electron chi connectivity index (χ3n) is 3.15. The maximum absolute atomic E-state index is 12.0. The molecule has 0 aliphatic heterocycles. The lowest BCUT2D eigenvalue weighted by atomic mass is 10.1. The molecule has 0 saturated carbocycles. The Kier molecular flexibility index (Phi) is 5.09. The van der Waals surface area contributed by atoms with Gasteiger partial charge in [0.15, 0.2) is 0 Å². The van der Waals surface area contributed by atoms with Crippen molar-refractivity contribution in [2.75, 3.05) is 5.32 Å². The van der Waals surface area contributed by atoms with Crippen LogP contribution in [0.3, 0.4) is 0 Å². The molecule has 0 atom stereocenters. The molecule has 0 spiro atoms. The first-order chi connectivity index (χ1) is 11.0. The molecule has 0 heterocycles. The van der Waals surface area contributed by atoms with Gasteiger partial charge in [0, 0.05) is 23.7 Å². The molecule has 0 radical (unpaired) electrons. The first kappa shape index (κ1) is 16.2. The van der Waals surface area contributed by atoms with Gasteiger partial charge in [-0.25, -0.2) is 0 Å². The van der Waals surface area contributed by atoms with Crippen LogP contribution in [0.2, 0.25) is 0 Å². The van der Waals surface area contributed by atoms with Gasteiger partial charge in [0.05, 0.1) is 0 Å². The molecule has 0 bridgehead atoms. The van der Waals surface area contributed by atoms with Crippen LogP contribution >= 0.6 is 0 Å². The highest BCUT2D eigenvalue weighted by molar-refractivity contribution is 6.00. The minimum atomic E-state index is -0.443. The van der Waals surface area contributed by atoms with Gasteiger partial charge >= 0.3 is 0 Å². The normalized spacial score (nSPS) is 9.83. The van der Waals surface area contributed by atoms with Gasteiger partial charge in [0.1, 0.15) is 0 Å². The molecular weight excluding hydrogens is 294 g/mol. The van der Waals surface area contributed by atoms with E-state index in [9.17, 15) is 14.4 Å². The maximum Gasteiger partial charge on any atom is 0.269 e. The topological polar surface area (TPSA) is 87.3 Å². The highest BCUT2D eigenvalue weighted by atomic mass is 16.2. The van der Waals surface area contributed by atoms with Gasteiger partial charge in [0.2, 0.25) is 5.91 Å². The Labute approximate surface area is 133 Å². The van der Waals surface area contributed by atoms with Gasteiger partial charge in [-0.3, -0.25) is 25.2 Å². The fourth-order valence-electron chi connectivity index (χ4n) is 1.99. The smallest absolute Gasteiger partial charge is 0.269 e. The number of benzene rings is 2. The van der Waals surface area contributed by atoms with Crippen molar-refractivity contribution < 1.29 is 14.4 Å². The summed E-state index contributed by atoms with van der Waals surface area (Å²) in [5.41, 5.74) is 7.01. The van der Waals surface area contributed by atoms with Crippen LogP contribution in [0.25, 0.3) is 0 Å². The molecule has 2 rings (SSSR count). The molecule has 3 N–H and O–H groups in total. The number of anilines is 1. The second-order valence-electron chi connectivity index (χ2n) is 4.98. The van der Waals surface area contributed by atoms with Crippen molar-refractivity contribution in [3.8, 4) is 0 Å². The second-order valence-corrected chi connectivity index (χ2v) is 4.98. The maximum atomic E-state index is 12.0. The lowest BCUT2D eigenvalue weighted by molar-refractivity contribution is -0.114. The molecule has 6 heteroatoms. The first-order valence-corrected chi connectivity index (χ1v) is 7.01. The molecule has 0 aliphatic rings. The van der Waals surface area contributed by atoms with Crippen molar-refractivity contribution >= 4 is 23.4 Å². The van der Waals surface area contributed by atoms with Crippen LogP contribution in [-0.2, 0) is 4.79 Å². The molecule has 0 saturated heterocycles. The summed E-state index contributed by atoms with van der Waals surface area (Å²) in [4.78, 5) is 34.9. The first-order valence-electron chi connectivity index (χ1n) is 7.01. The Morgan fingerprint density at radius 2 is 1.43 bits per heavy atom. The van der Waals surface area contributed by atoms with E-state index in [0.29, 0.717) is 16.8 Å². The number of nitrogens with one attached hydrogen (secondary N) is 3. The van der Waals surface area contributed by atoms with Crippen molar-refractivity contribution in [2.45, 2.75) is 13.8 Å². The second kappa shape index (κ2) is 7.22. The SMILES string of the molecule is CC(=O)Nc1ccc(C(=O)NNC(=O)c2ccccc2C)cc1. The van der Waals surface area contributed by atoms with Gasteiger partial charge in [-0.05, 0) is 42.8 Å². The van der Waals surface area contributed by atoms with Crippen LogP contribution in [0.1, 0.15) is 33.2 Å². The molecule has 0 fully saturated rings. The highest BCUT2D eigenvalue weighted by Gasteiger charge is 2.10. The Balaban J connectivity index is 1.95. The molecule has 0 aromatic heterocycles.